The molecule has 0 spiro atoms. The maximum Gasteiger partial charge on any atom is 0.160 e. The van der Waals surface area contributed by atoms with E-state index in [2.05, 4.69) is 20.7 Å². The fraction of sp³-hybridized carbons (Fsp3) is 0.636. The molecular formula is C11H19N5O. The lowest BCUT2D eigenvalue weighted by atomic mass is 9.86. The van der Waals surface area contributed by atoms with Crippen LogP contribution in [0.25, 0.3) is 0 Å². The molecule has 0 amide bonds. The van der Waals surface area contributed by atoms with Crippen molar-refractivity contribution in [1.82, 2.24) is 9.97 Å². The molecule has 1 saturated carbocycles. The van der Waals surface area contributed by atoms with Crippen LogP contribution in [-0.2, 0) is 0 Å². The average molecular weight is 237 g/mol. The lowest BCUT2D eigenvalue weighted by Gasteiger charge is -2.27. The van der Waals surface area contributed by atoms with Gasteiger partial charge in [-0.3, -0.25) is 4.98 Å². The van der Waals surface area contributed by atoms with E-state index in [9.17, 15) is 5.11 Å². The molecule has 1 aromatic heterocycles. The van der Waals surface area contributed by atoms with Crippen molar-refractivity contribution in [3.05, 3.63) is 12.4 Å². The molecule has 6 nitrogen and oxygen atoms in total. The van der Waals surface area contributed by atoms with Crippen LogP contribution < -0.4 is 16.6 Å². The molecule has 1 aliphatic rings. The quantitative estimate of drug-likeness (QED) is 0.455. The highest BCUT2D eigenvalue weighted by atomic mass is 16.3. The lowest BCUT2D eigenvalue weighted by Crippen LogP contribution is -2.30. The lowest BCUT2D eigenvalue weighted by molar-refractivity contribution is 0.0763. The molecule has 0 radical (unpaired) electrons. The van der Waals surface area contributed by atoms with E-state index in [4.69, 9.17) is 5.84 Å². The fourth-order valence-corrected chi connectivity index (χ4v) is 2.18. The number of aromatic nitrogens is 2. The second-order valence-electron chi connectivity index (χ2n) is 4.43. The third kappa shape index (κ3) is 3.28. The minimum absolute atomic E-state index is 0.194. The Labute approximate surface area is 101 Å². The number of aliphatic hydroxyl groups is 1. The van der Waals surface area contributed by atoms with Gasteiger partial charge in [-0.2, -0.15) is 0 Å². The molecule has 6 heteroatoms. The number of hydrogen-bond acceptors (Lipinski definition) is 6. The zero-order valence-electron chi connectivity index (χ0n) is 9.76. The van der Waals surface area contributed by atoms with Gasteiger partial charge in [-0.15, -0.1) is 0 Å². The van der Waals surface area contributed by atoms with Gasteiger partial charge in [0.25, 0.3) is 0 Å². The highest BCUT2D eigenvalue weighted by molar-refractivity contribution is 5.40. The van der Waals surface area contributed by atoms with Crippen LogP contribution in [-0.4, -0.2) is 27.7 Å². The van der Waals surface area contributed by atoms with E-state index in [-0.39, 0.29) is 6.10 Å². The van der Waals surface area contributed by atoms with Gasteiger partial charge in [-0.1, -0.05) is 12.8 Å². The van der Waals surface area contributed by atoms with Crippen molar-refractivity contribution in [3.63, 3.8) is 0 Å². The Hall–Kier alpha value is -1.40. The van der Waals surface area contributed by atoms with Crippen LogP contribution in [0.1, 0.15) is 25.7 Å². The first-order valence-electron chi connectivity index (χ1n) is 6.00. The van der Waals surface area contributed by atoms with Gasteiger partial charge in [0.2, 0.25) is 0 Å². The minimum Gasteiger partial charge on any atom is -0.393 e. The number of aliphatic hydroxyl groups excluding tert-OH is 1. The smallest absolute Gasteiger partial charge is 0.160 e. The molecule has 2 atom stereocenters. The standard InChI is InChI=1S/C11H19N5O/c12-16-11-7-13-6-10(15-11)14-5-8-3-1-2-4-9(8)17/h6-9,17H,1-5,12H2,(H2,14,15,16). The number of hydrazine groups is 1. The third-order valence-electron chi connectivity index (χ3n) is 3.20. The summed E-state index contributed by atoms with van der Waals surface area (Å²) >= 11 is 0. The van der Waals surface area contributed by atoms with E-state index in [1.807, 2.05) is 0 Å². The van der Waals surface area contributed by atoms with Gasteiger partial charge in [0.1, 0.15) is 5.82 Å². The summed E-state index contributed by atoms with van der Waals surface area (Å²) in [6.07, 6.45) is 7.30. The number of nitrogens with zero attached hydrogens (tertiary/aromatic N) is 2. The van der Waals surface area contributed by atoms with Crippen LogP contribution in [0.5, 0.6) is 0 Å². The number of nitrogen functional groups attached to an aromatic ring is 1. The van der Waals surface area contributed by atoms with E-state index in [0.717, 1.165) is 25.8 Å². The molecule has 94 valence electrons. The van der Waals surface area contributed by atoms with E-state index >= 15 is 0 Å². The van der Waals surface area contributed by atoms with Gasteiger partial charge in [-0.25, -0.2) is 10.8 Å². The molecule has 2 unspecified atom stereocenters. The van der Waals surface area contributed by atoms with Crippen molar-refractivity contribution in [2.75, 3.05) is 17.3 Å². The Morgan fingerprint density at radius 2 is 2.06 bits per heavy atom. The topological polar surface area (TPSA) is 96.1 Å². The molecular weight excluding hydrogens is 218 g/mol. The molecule has 1 fully saturated rings. The van der Waals surface area contributed by atoms with E-state index in [1.165, 1.54) is 6.42 Å². The van der Waals surface area contributed by atoms with Crippen molar-refractivity contribution < 1.29 is 5.11 Å². The number of hydrogen-bond donors (Lipinski definition) is 4. The first-order valence-corrected chi connectivity index (χ1v) is 6.00. The molecule has 17 heavy (non-hydrogen) atoms. The summed E-state index contributed by atoms with van der Waals surface area (Å²) in [5.41, 5.74) is 2.45. The average Bonchev–Trinajstić information content (AvgIpc) is 2.38. The summed E-state index contributed by atoms with van der Waals surface area (Å²) in [6.45, 7) is 0.726. The predicted octanol–water partition coefficient (Wildman–Crippen LogP) is 0.725. The molecule has 1 aliphatic carbocycles. The monoisotopic (exact) mass is 237 g/mol. The van der Waals surface area contributed by atoms with Gasteiger partial charge in [-0.05, 0) is 12.8 Å². The van der Waals surface area contributed by atoms with E-state index < -0.39 is 0 Å². The molecule has 0 saturated heterocycles. The molecule has 0 aromatic carbocycles. The molecule has 1 heterocycles. The van der Waals surface area contributed by atoms with Crippen molar-refractivity contribution in [2.24, 2.45) is 11.8 Å². The number of anilines is 2. The minimum atomic E-state index is -0.194. The van der Waals surface area contributed by atoms with Crippen LogP contribution in [0.3, 0.4) is 0 Å². The highest BCUT2D eigenvalue weighted by Gasteiger charge is 2.22. The van der Waals surface area contributed by atoms with E-state index in [0.29, 0.717) is 17.6 Å². The second kappa shape index (κ2) is 5.79. The Morgan fingerprint density at radius 3 is 2.82 bits per heavy atom. The second-order valence-corrected chi connectivity index (χ2v) is 4.43. The van der Waals surface area contributed by atoms with Crippen LogP contribution in [0.2, 0.25) is 0 Å². The van der Waals surface area contributed by atoms with Crippen LogP contribution >= 0.6 is 0 Å². The van der Waals surface area contributed by atoms with Crippen molar-refractivity contribution in [1.29, 1.82) is 0 Å². The summed E-state index contributed by atoms with van der Waals surface area (Å²) in [5.74, 6) is 6.77. The molecule has 5 N–H and O–H groups in total. The summed E-state index contributed by atoms with van der Waals surface area (Å²) in [7, 11) is 0. The van der Waals surface area contributed by atoms with Gasteiger partial charge in [0.15, 0.2) is 5.82 Å². The van der Waals surface area contributed by atoms with Gasteiger partial charge >= 0.3 is 0 Å². The molecule has 0 bridgehead atoms. The SMILES string of the molecule is NNc1cncc(NCC2CCCCC2O)n1. The Bertz CT molecular complexity index is 359. The first kappa shape index (κ1) is 12.1. The summed E-state index contributed by atoms with van der Waals surface area (Å²) in [4.78, 5) is 8.22. The number of nitrogens with one attached hydrogen (secondary N) is 2. The molecule has 0 aliphatic heterocycles. The predicted molar refractivity (Wildman–Crippen MR) is 66.3 cm³/mol. The normalized spacial score (nSPS) is 24.4. The van der Waals surface area contributed by atoms with Gasteiger partial charge < -0.3 is 15.8 Å². The van der Waals surface area contributed by atoms with Crippen LogP contribution in [0, 0.1) is 5.92 Å². The van der Waals surface area contributed by atoms with E-state index in [1.54, 1.807) is 12.4 Å². The Balaban J connectivity index is 1.88. The Morgan fingerprint density at radius 1 is 1.29 bits per heavy atom. The van der Waals surface area contributed by atoms with Crippen LogP contribution in [0.15, 0.2) is 12.4 Å². The highest BCUT2D eigenvalue weighted by Crippen LogP contribution is 2.24. The van der Waals surface area contributed by atoms with Crippen molar-refractivity contribution >= 4 is 11.6 Å². The van der Waals surface area contributed by atoms with Gasteiger partial charge in [0, 0.05) is 12.5 Å². The largest absolute Gasteiger partial charge is 0.393 e. The zero-order chi connectivity index (χ0) is 12.1. The Kier molecular flexibility index (Phi) is 4.11. The zero-order valence-corrected chi connectivity index (χ0v) is 9.76. The number of nitrogens with two attached hydrogens (primary N) is 1. The van der Waals surface area contributed by atoms with Crippen molar-refractivity contribution in [2.45, 2.75) is 31.8 Å². The summed E-state index contributed by atoms with van der Waals surface area (Å²) in [6, 6.07) is 0. The molecule has 2 rings (SSSR count). The third-order valence-corrected chi connectivity index (χ3v) is 3.20. The molecule has 1 aromatic rings. The summed E-state index contributed by atoms with van der Waals surface area (Å²) < 4.78 is 0. The first-order chi connectivity index (χ1) is 8.29. The van der Waals surface area contributed by atoms with Crippen LogP contribution in [0.4, 0.5) is 11.6 Å². The summed E-state index contributed by atoms with van der Waals surface area (Å²) in [5, 5.41) is 13.0. The number of rotatable bonds is 4. The maximum atomic E-state index is 9.84. The fourth-order valence-electron chi connectivity index (χ4n) is 2.18. The van der Waals surface area contributed by atoms with Crippen molar-refractivity contribution in [3.8, 4) is 0 Å². The van der Waals surface area contributed by atoms with Gasteiger partial charge in [0.05, 0.1) is 18.5 Å². The maximum absolute atomic E-state index is 9.84.